The molecule has 0 saturated heterocycles. The maximum Gasteiger partial charge on any atom is 0.268 e. The second-order valence-electron chi connectivity index (χ2n) is 4.73. The summed E-state index contributed by atoms with van der Waals surface area (Å²) in [4.78, 5) is 17.2. The molecule has 1 N–H and O–H groups in total. The third-order valence-electron chi connectivity index (χ3n) is 3.21. The number of carbonyl (C=O) groups is 1. The molecule has 1 heterocycles. The van der Waals surface area contributed by atoms with Gasteiger partial charge in [0.05, 0.1) is 5.69 Å². The summed E-state index contributed by atoms with van der Waals surface area (Å²) in [6.45, 7) is 1.66. The predicted octanol–water partition coefficient (Wildman–Crippen LogP) is 3.45. The first-order valence-electron chi connectivity index (χ1n) is 6.55. The smallest absolute Gasteiger partial charge is 0.268 e. The molecule has 1 atom stereocenters. The van der Waals surface area contributed by atoms with Crippen molar-refractivity contribution in [1.82, 2.24) is 0 Å². The number of hydrogen-bond donors (Lipinski definition) is 1. The number of fused-ring (bicyclic) bond motifs is 1. The number of carbonyl (C=O) groups excluding carboxylic acids is 1. The first kappa shape index (κ1) is 13.6. The van der Waals surface area contributed by atoms with E-state index in [2.05, 4.69) is 10.5 Å². The number of amides is 1. The van der Waals surface area contributed by atoms with Crippen LogP contribution in [0.3, 0.4) is 0 Å². The van der Waals surface area contributed by atoms with E-state index in [0.717, 1.165) is 11.1 Å². The highest BCUT2D eigenvalue weighted by atomic mass is 35.5. The van der Waals surface area contributed by atoms with Crippen molar-refractivity contribution >= 4 is 28.9 Å². The molecule has 3 rings (SSSR count). The summed E-state index contributed by atoms with van der Waals surface area (Å²) in [5.74, 6) is -0.241. The van der Waals surface area contributed by atoms with Gasteiger partial charge in [0.25, 0.3) is 5.91 Å². The molecule has 106 valence electrons. The van der Waals surface area contributed by atoms with Crippen LogP contribution in [-0.2, 0) is 9.63 Å². The van der Waals surface area contributed by atoms with E-state index in [-0.39, 0.29) is 5.91 Å². The van der Waals surface area contributed by atoms with Crippen molar-refractivity contribution in [2.45, 2.75) is 13.0 Å². The zero-order valence-electron chi connectivity index (χ0n) is 11.3. The highest BCUT2D eigenvalue weighted by Gasteiger charge is 2.22. The molecule has 0 aliphatic carbocycles. The van der Waals surface area contributed by atoms with Gasteiger partial charge in [0.2, 0.25) is 6.10 Å². The van der Waals surface area contributed by atoms with Gasteiger partial charge in [-0.2, -0.15) is 0 Å². The molecule has 0 aromatic heterocycles. The molecular weight excluding hydrogens is 288 g/mol. The van der Waals surface area contributed by atoms with Crippen LogP contribution in [0.2, 0.25) is 5.02 Å². The van der Waals surface area contributed by atoms with Crippen molar-refractivity contribution in [1.29, 1.82) is 0 Å². The van der Waals surface area contributed by atoms with Gasteiger partial charge in [0.15, 0.2) is 0 Å². The lowest BCUT2D eigenvalue weighted by Gasteiger charge is -2.19. The molecule has 1 unspecified atom stereocenters. The van der Waals surface area contributed by atoms with Crippen LogP contribution in [0.1, 0.15) is 18.1 Å². The van der Waals surface area contributed by atoms with Gasteiger partial charge in [-0.1, -0.05) is 47.1 Å². The summed E-state index contributed by atoms with van der Waals surface area (Å²) in [5, 5.41) is 7.57. The largest absolute Gasteiger partial charge is 0.382 e. The molecule has 0 spiro atoms. The highest BCUT2D eigenvalue weighted by Crippen LogP contribution is 2.26. The molecule has 1 aliphatic heterocycles. The summed E-state index contributed by atoms with van der Waals surface area (Å²) in [7, 11) is 0. The quantitative estimate of drug-likeness (QED) is 0.877. The fourth-order valence-electron chi connectivity index (χ4n) is 2.09. The second-order valence-corrected chi connectivity index (χ2v) is 5.17. The zero-order chi connectivity index (χ0) is 14.8. The Hall–Kier alpha value is -2.33. The van der Waals surface area contributed by atoms with E-state index in [4.69, 9.17) is 16.4 Å². The lowest BCUT2D eigenvalue weighted by molar-refractivity contribution is -0.126. The molecule has 1 amide bonds. The van der Waals surface area contributed by atoms with E-state index in [1.54, 1.807) is 25.1 Å². The first-order chi connectivity index (χ1) is 10.1. The SMILES string of the molecule is CC1ON=C(c2ccccc2)c2cc(Cl)ccc2NC1=O. The molecule has 5 heteroatoms. The molecule has 2 aromatic rings. The van der Waals surface area contributed by atoms with Gasteiger partial charge in [-0.25, -0.2) is 0 Å². The number of halogens is 1. The standard InChI is InChI=1S/C16H13ClN2O2/c1-10-16(20)18-14-8-7-12(17)9-13(14)15(19-21-10)11-5-3-2-4-6-11/h2-10H,1H3,(H,18,20). The van der Waals surface area contributed by atoms with Crippen molar-refractivity contribution in [2.24, 2.45) is 5.16 Å². The highest BCUT2D eigenvalue weighted by molar-refractivity contribution is 6.31. The molecular formula is C16H13ClN2O2. The Morgan fingerprint density at radius 3 is 2.71 bits per heavy atom. The van der Waals surface area contributed by atoms with E-state index in [1.807, 2.05) is 30.3 Å². The average molecular weight is 301 g/mol. The van der Waals surface area contributed by atoms with E-state index >= 15 is 0 Å². The minimum Gasteiger partial charge on any atom is -0.382 e. The van der Waals surface area contributed by atoms with Crippen molar-refractivity contribution in [2.75, 3.05) is 5.32 Å². The maximum absolute atomic E-state index is 11.9. The van der Waals surface area contributed by atoms with Gasteiger partial charge >= 0.3 is 0 Å². The number of nitrogens with zero attached hydrogens (tertiary/aromatic N) is 1. The van der Waals surface area contributed by atoms with Crippen LogP contribution in [0, 0.1) is 0 Å². The first-order valence-corrected chi connectivity index (χ1v) is 6.93. The van der Waals surface area contributed by atoms with Crippen LogP contribution in [-0.4, -0.2) is 17.7 Å². The van der Waals surface area contributed by atoms with Gasteiger partial charge in [0, 0.05) is 16.1 Å². The van der Waals surface area contributed by atoms with Gasteiger partial charge in [-0.3, -0.25) is 4.79 Å². The molecule has 0 radical (unpaired) electrons. The summed E-state index contributed by atoms with van der Waals surface area (Å²) < 4.78 is 0. The summed E-state index contributed by atoms with van der Waals surface area (Å²) in [5.41, 5.74) is 2.93. The minimum absolute atomic E-state index is 0.241. The van der Waals surface area contributed by atoms with Crippen LogP contribution in [0.25, 0.3) is 0 Å². The Labute approximate surface area is 127 Å². The third kappa shape index (κ3) is 2.76. The number of anilines is 1. The van der Waals surface area contributed by atoms with E-state index in [0.29, 0.717) is 16.4 Å². The third-order valence-corrected chi connectivity index (χ3v) is 3.45. The number of hydrogen-bond acceptors (Lipinski definition) is 3. The molecule has 21 heavy (non-hydrogen) atoms. The van der Waals surface area contributed by atoms with Crippen LogP contribution in [0.5, 0.6) is 0 Å². The van der Waals surface area contributed by atoms with Crippen LogP contribution < -0.4 is 5.32 Å². The monoisotopic (exact) mass is 300 g/mol. The zero-order valence-corrected chi connectivity index (χ0v) is 12.1. The molecule has 0 bridgehead atoms. The topological polar surface area (TPSA) is 50.7 Å². The lowest BCUT2D eigenvalue weighted by Crippen LogP contribution is -2.29. The Bertz CT molecular complexity index is 713. The van der Waals surface area contributed by atoms with Crippen molar-refractivity contribution in [3.8, 4) is 0 Å². The molecule has 4 nitrogen and oxygen atoms in total. The molecule has 0 fully saturated rings. The Morgan fingerprint density at radius 1 is 1.19 bits per heavy atom. The average Bonchev–Trinajstić information content (AvgIpc) is 2.49. The van der Waals surface area contributed by atoms with Crippen molar-refractivity contribution < 1.29 is 9.63 Å². The maximum atomic E-state index is 11.9. The van der Waals surface area contributed by atoms with Crippen LogP contribution >= 0.6 is 11.6 Å². The van der Waals surface area contributed by atoms with Gasteiger partial charge in [-0.05, 0) is 25.1 Å². The predicted molar refractivity (Wildman–Crippen MR) is 82.7 cm³/mol. The van der Waals surface area contributed by atoms with E-state index in [1.165, 1.54) is 0 Å². The summed E-state index contributed by atoms with van der Waals surface area (Å²) >= 11 is 6.08. The van der Waals surface area contributed by atoms with E-state index < -0.39 is 6.10 Å². The summed E-state index contributed by atoms with van der Waals surface area (Å²) in [6, 6.07) is 14.9. The van der Waals surface area contributed by atoms with Gasteiger partial charge < -0.3 is 10.2 Å². The minimum atomic E-state index is -0.660. The number of rotatable bonds is 1. The van der Waals surface area contributed by atoms with Crippen molar-refractivity contribution in [3.63, 3.8) is 0 Å². The van der Waals surface area contributed by atoms with Gasteiger partial charge in [-0.15, -0.1) is 0 Å². The molecule has 2 aromatic carbocycles. The number of benzene rings is 2. The molecule has 0 saturated carbocycles. The Kier molecular flexibility index (Phi) is 3.62. The molecule has 1 aliphatic rings. The Morgan fingerprint density at radius 2 is 1.95 bits per heavy atom. The lowest BCUT2D eigenvalue weighted by atomic mass is 10.0. The second kappa shape index (κ2) is 5.58. The van der Waals surface area contributed by atoms with Crippen molar-refractivity contribution in [3.05, 3.63) is 64.7 Å². The van der Waals surface area contributed by atoms with Gasteiger partial charge in [0.1, 0.15) is 5.71 Å². The van der Waals surface area contributed by atoms with Crippen LogP contribution in [0.15, 0.2) is 53.7 Å². The fraction of sp³-hybridized carbons (Fsp3) is 0.125. The normalized spacial score (nSPS) is 17.7. The Balaban J connectivity index is 2.18. The van der Waals surface area contributed by atoms with E-state index in [9.17, 15) is 4.79 Å². The summed E-state index contributed by atoms with van der Waals surface area (Å²) in [6.07, 6.45) is -0.660. The van der Waals surface area contributed by atoms with Crippen LogP contribution in [0.4, 0.5) is 5.69 Å². The number of nitrogens with one attached hydrogen (secondary N) is 1. The number of oxime groups is 1. The fourth-order valence-corrected chi connectivity index (χ4v) is 2.26.